The second-order valence-electron chi connectivity index (χ2n) is 2.30. The van der Waals surface area contributed by atoms with Gasteiger partial charge in [0.1, 0.15) is 0 Å². The highest BCUT2D eigenvalue weighted by atomic mass is 31.2. The van der Waals surface area contributed by atoms with Gasteiger partial charge in [-0.15, -0.1) is 0 Å². The zero-order valence-electron chi connectivity index (χ0n) is 6.67. The lowest BCUT2D eigenvalue weighted by Crippen LogP contribution is -2.24. The molecule has 0 spiro atoms. The summed E-state index contributed by atoms with van der Waals surface area (Å²) >= 11 is 0. The van der Waals surface area contributed by atoms with Crippen molar-refractivity contribution >= 4 is 13.6 Å². The fraction of sp³-hybridized carbons (Fsp3) is 0.800. The average Bonchev–Trinajstić information content (AvgIpc) is 1.85. The minimum atomic E-state index is -4.34. The Hall–Kier alpha value is -0.420. The van der Waals surface area contributed by atoms with Gasteiger partial charge < -0.3 is 19.6 Å². The van der Waals surface area contributed by atoms with Crippen molar-refractivity contribution in [2.24, 2.45) is 0 Å². The van der Waals surface area contributed by atoms with E-state index >= 15 is 0 Å². The zero-order chi connectivity index (χ0) is 9.94. The summed E-state index contributed by atoms with van der Waals surface area (Å²) in [4.78, 5) is 27.2. The van der Waals surface area contributed by atoms with Gasteiger partial charge in [-0.25, -0.2) is 4.79 Å². The molecule has 0 amide bonds. The number of aliphatic carboxylic acids is 1. The predicted molar refractivity (Wildman–Crippen MR) is 39.7 cm³/mol. The number of rotatable bonds is 4. The summed E-state index contributed by atoms with van der Waals surface area (Å²) in [6.45, 7) is 2.33. The maximum Gasteiger partial charge on any atom is 0.353 e. The SMILES string of the molecule is CC(OC(C)P(=O)(O)O)C(=O)O. The average molecular weight is 198 g/mol. The van der Waals surface area contributed by atoms with E-state index in [-0.39, 0.29) is 0 Å². The van der Waals surface area contributed by atoms with Gasteiger partial charge in [-0.05, 0) is 13.8 Å². The van der Waals surface area contributed by atoms with E-state index in [2.05, 4.69) is 4.74 Å². The molecule has 0 rings (SSSR count). The molecule has 2 atom stereocenters. The van der Waals surface area contributed by atoms with E-state index in [1.54, 1.807) is 0 Å². The molecule has 7 heteroatoms. The van der Waals surface area contributed by atoms with Gasteiger partial charge in [0.15, 0.2) is 11.9 Å². The summed E-state index contributed by atoms with van der Waals surface area (Å²) in [7, 11) is -4.34. The maximum absolute atomic E-state index is 10.5. The summed E-state index contributed by atoms with van der Waals surface area (Å²) < 4.78 is 15.0. The molecule has 0 bridgehead atoms. The lowest BCUT2D eigenvalue weighted by atomic mass is 10.4. The molecular weight excluding hydrogens is 187 g/mol. The first kappa shape index (κ1) is 11.6. The molecule has 0 aromatic rings. The van der Waals surface area contributed by atoms with E-state index < -0.39 is 25.5 Å². The Morgan fingerprint density at radius 2 is 1.83 bits per heavy atom. The first-order valence-electron chi connectivity index (χ1n) is 3.18. The van der Waals surface area contributed by atoms with Crippen LogP contribution in [-0.4, -0.2) is 32.8 Å². The highest BCUT2D eigenvalue weighted by Gasteiger charge is 2.28. The number of ether oxygens (including phenoxy) is 1. The largest absolute Gasteiger partial charge is 0.479 e. The van der Waals surface area contributed by atoms with Crippen molar-refractivity contribution in [3.8, 4) is 0 Å². The lowest BCUT2D eigenvalue weighted by molar-refractivity contribution is -0.150. The topological polar surface area (TPSA) is 104 Å². The summed E-state index contributed by atoms with van der Waals surface area (Å²) in [5.74, 6) is -2.64. The number of hydrogen-bond donors (Lipinski definition) is 3. The van der Waals surface area contributed by atoms with Gasteiger partial charge in [0.25, 0.3) is 0 Å². The molecule has 0 aliphatic heterocycles. The third kappa shape index (κ3) is 3.82. The summed E-state index contributed by atoms with van der Waals surface area (Å²) in [6.07, 6.45) is -1.22. The molecule has 0 saturated heterocycles. The maximum atomic E-state index is 10.5. The van der Waals surface area contributed by atoms with Crippen LogP contribution in [0, 0.1) is 0 Å². The molecule has 0 radical (unpaired) electrons. The fourth-order valence-corrected chi connectivity index (χ4v) is 0.774. The molecule has 0 saturated carbocycles. The third-order valence-electron chi connectivity index (χ3n) is 1.22. The molecule has 72 valence electrons. The number of carboxylic acid groups (broad SMARTS) is 1. The highest BCUT2D eigenvalue weighted by molar-refractivity contribution is 7.52. The Balaban J connectivity index is 4.11. The van der Waals surface area contributed by atoms with Crippen LogP contribution < -0.4 is 0 Å². The Morgan fingerprint density at radius 1 is 1.42 bits per heavy atom. The number of hydrogen-bond acceptors (Lipinski definition) is 3. The molecule has 0 fully saturated rings. The normalized spacial score (nSPS) is 17.0. The van der Waals surface area contributed by atoms with Gasteiger partial charge in [-0.3, -0.25) is 4.57 Å². The Morgan fingerprint density at radius 3 is 2.08 bits per heavy atom. The molecule has 0 aromatic heterocycles. The van der Waals surface area contributed by atoms with E-state index in [0.29, 0.717) is 0 Å². The minimum absolute atomic E-state index is 1.13. The Labute approximate surface area is 69.3 Å². The molecule has 0 aliphatic rings. The first-order valence-corrected chi connectivity index (χ1v) is 4.86. The molecule has 2 unspecified atom stereocenters. The first-order chi connectivity index (χ1) is 5.25. The van der Waals surface area contributed by atoms with E-state index in [0.717, 1.165) is 6.92 Å². The van der Waals surface area contributed by atoms with Crippen molar-refractivity contribution in [2.75, 3.05) is 0 Å². The highest BCUT2D eigenvalue weighted by Crippen LogP contribution is 2.41. The smallest absolute Gasteiger partial charge is 0.353 e. The Kier molecular flexibility index (Phi) is 3.86. The third-order valence-corrected chi connectivity index (χ3v) is 2.29. The fourth-order valence-electron chi connectivity index (χ4n) is 0.433. The Bertz CT molecular complexity index is 208. The molecule has 0 aromatic carbocycles. The van der Waals surface area contributed by atoms with Crippen molar-refractivity contribution in [3.63, 3.8) is 0 Å². The molecule has 3 N–H and O–H groups in total. The quantitative estimate of drug-likeness (QED) is 0.549. The van der Waals surface area contributed by atoms with Crippen LogP contribution in [0.4, 0.5) is 0 Å². The molecular formula is C5H11O6P. The molecule has 12 heavy (non-hydrogen) atoms. The van der Waals surface area contributed by atoms with Crippen LogP contribution in [-0.2, 0) is 14.1 Å². The van der Waals surface area contributed by atoms with E-state index in [9.17, 15) is 9.36 Å². The second kappa shape index (κ2) is 4.00. The van der Waals surface area contributed by atoms with Crippen molar-refractivity contribution in [2.45, 2.75) is 25.8 Å². The van der Waals surface area contributed by atoms with Crippen LogP contribution in [0.5, 0.6) is 0 Å². The van der Waals surface area contributed by atoms with Gasteiger partial charge >= 0.3 is 13.6 Å². The summed E-state index contributed by atoms with van der Waals surface area (Å²) in [6, 6.07) is 0. The second-order valence-corrected chi connectivity index (χ2v) is 4.21. The van der Waals surface area contributed by atoms with E-state index in [1.165, 1.54) is 6.92 Å². The molecule has 0 heterocycles. The number of carboxylic acids is 1. The van der Waals surface area contributed by atoms with Crippen LogP contribution in [0.2, 0.25) is 0 Å². The van der Waals surface area contributed by atoms with Crippen molar-refractivity contribution in [3.05, 3.63) is 0 Å². The van der Waals surface area contributed by atoms with Crippen LogP contribution in [0.3, 0.4) is 0 Å². The predicted octanol–water partition coefficient (Wildman–Crippen LogP) is -0.000200. The molecule has 6 nitrogen and oxygen atoms in total. The van der Waals surface area contributed by atoms with E-state index in [1.807, 2.05) is 0 Å². The van der Waals surface area contributed by atoms with E-state index in [4.69, 9.17) is 14.9 Å². The van der Waals surface area contributed by atoms with Crippen LogP contribution in [0.1, 0.15) is 13.8 Å². The van der Waals surface area contributed by atoms with Crippen molar-refractivity contribution in [1.29, 1.82) is 0 Å². The van der Waals surface area contributed by atoms with Crippen molar-refractivity contribution in [1.82, 2.24) is 0 Å². The molecule has 0 aliphatic carbocycles. The standard InChI is InChI=1S/C5H11O6P/c1-3(5(6)7)11-4(2)12(8,9)10/h3-4H,1-2H3,(H,6,7)(H2,8,9,10). The van der Waals surface area contributed by atoms with Gasteiger partial charge in [-0.1, -0.05) is 0 Å². The van der Waals surface area contributed by atoms with Gasteiger partial charge in [-0.2, -0.15) is 0 Å². The minimum Gasteiger partial charge on any atom is -0.479 e. The van der Waals surface area contributed by atoms with Gasteiger partial charge in [0.05, 0.1) is 0 Å². The van der Waals surface area contributed by atoms with Crippen LogP contribution >= 0.6 is 7.60 Å². The van der Waals surface area contributed by atoms with Crippen LogP contribution in [0.15, 0.2) is 0 Å². The summed E-state index contributed by atoms with van der Waals surface area (Å²) in [5, 5.41) is 8.32. The van der Waals surface area contributed by atoms with Gasteiger partial charge in [0, 0.05) is 0 Å². The zero-order valence-corrected chi connectivity index (χ0v) is 7.56. The van der Waals surface area contributed by atoms with Crippen molar-refractivity contribution < 1.29 is 29.0 Å². The summed E-state index contributed by atoms with van der Waals surface area (Å²) in [5.41, 5.74) is 0. The van der Waals surface area contributed by atoms with Gasteiger partial charge in [0.2, 0.25) is 0 Å². The monoisotopic (exact) mass is 198 g/mol. The van der Waals surface area contributed by atoms with Crippen LogP contribution in [0.25, 0.3) is 0 Å². The lowest BCUT2D eigenvalue weighted by Gasteiger charge is -2.16. The number of carbonyl (C=O) groups is 1.